The Morgan fingerprint density at radius 3 is 2.75 bits per heavy atom. The van der Waals surface area contributed by atoms with Gasteiger partial charge in [-0.05, 0) is 48.9 Å². The number of carbonyl (C=O) groups excluding carboxylic acids is 1. The molecule has 166 valence electrons. The van der Waals surface area contributed by atoms with E-state index in [1.165, 1.54) is 12.3 Å². The van der Waals surface area contributed by atoms with Crippen LogP contribution in [0.5, 0.6) is 11.5 Å². The van der Waals surface area contributed by atoms with E-state index in [1.54, 1.807) is 24.5 Å². The van der Waals surface area contributed by atoms with Gasteiger partial charge in [0.2, 0.25) is 5.91 Å². The summed E-state index contributed by atoms with van der Waals surface area (Å²) in [5.41, 5.74) is 1.02. The molecule has 2 atom stereocenters. The summed E-state index contributed by atoms with van der Waals surface area (Å²) in [4.78, 5) is 23.0. The van der Waals surface area contributed by atoms with Crippen LogP contribution in [0.1, 0.15) is 18.6 Å². The molecule has 32 heavy (non-hydrogen) atoms. The van der Waals surface area contributed by atoms with Crippen molar-refractivity contribution in [2.45, 2.75) is 19.1 Å². The molecular formula is C23H22F2N4O3. The molecule has 1 aliphatic heterocycles. The molecule has 2 unspecified atom stereocenters. The lowest BCUT2D eigenvalue weighted by molar-refractivity contribution is -0.124. The van der Waals surface area contributed by atoms with Gasteiger partial charge in [-0.3, -0.25) is 14.7 Å². The molecule has 1 saturated heterocycles. The molecule has 0 saturated carbocycles. The maximum absolute atomic E-state index is 13.7. The van der Waals surface area contributed by atoms with Crippen LogP contribution in [-0.4, -0.2) is 46.5 Å². The number of nitrogens with one attached hydrogen (secondary N) is 1. The van der Waals surface area contributed by atoms with E-state index in [2.05, 4.69) is 20.2 Å². The zero-order chi connectivity index (χ0) is 22.5. The highest BCUT2D eigenvalue weighted by atomic mass is 19.1. The van der Waals surface area contributed by atoms with Crippen molar-refractivity contribution in [3.63, 3.8) is 0 Å². The van der Waals surface area contributed by atoms with Gasteiger partial charge in [-0.2, -0.15) is 0 Å². The molecule has 7 nitrogen and oxygen atoms in total. The van der Waals surface area contributed by atoms with Gasteiger partial charge in [0.05, 0.1) is 24.9 Å². The Bertz CT molecular complexity index is 1070. The third-order valence-electron chi connectivity index (χ3n) is 5.21. The van der Waals surface area contributed by atoms with Crippen LogP contribution in [0.25, 0.3) is 0 Å². The molecule has 3 aromatic rings. The van der Waals surface area contributed by atoms with Crippen molar-refractivity contribution in [1.82, 2.24) is 14.9 Å². The van der Waals surface area contributed by atoms with E-state index in [0.29, 0.717) is 25.5 Å². The number of hydrogen-bond acceptors (Lipinski definition) is 6. The summed E-state index contributed by atoms with van der Waals surface area (Å²) in [6.07, 6.45) is 4.68. The van der Waals surface area contributed by atoms with Crippen molar-refractivity contribution in [1.29, 1.82) is 0 Å². The van der Waals surface area contributed by atoms with E-state index < -0.39 is 17.7 Å². The van der Waals surface area contributed by atoms with Crippen molar-refractivity contribution in [3.05, 3.63) is 78.3 Å². The Hall–Kier alpha value is -3.43. The lowest BCUT2D eigenvalue weighted by Gasteiger charge is -2.36. The van der Waals surface area contributed by atoms with Crippen molar-refractivity contribution in [2.75, 3.05) is 25.0 Å². The van der Waals surface area contributed by atoms with Gasteiger partial charge in [0.15, 0.2) is 11.6 Å². The molecule has 1 aromatic carbocycles. The Kier molecular flexibility index (Phi) is 6.67. The molecule has 0 radical (unpaired) electrons. The van der Waals surface area contributed by atoms with Gasteiger partial charge in [0.1, 0.15) is 17.4 Å². The molecule has 2 aromatic heterocycles. The molecule has 1 aliphatic rings. The van der Waals surface area contributed by atoms with E-state index in [9.17, 15) is 13.6 Å². The normalized spacial score (nSPS) is 17.5. The Balaban J connectivity index is 1.35. The lowest BCUT2D eigenvalue weighted by atomic mass is 10.1. The number of morpholine rings is 1. The average molecular weight is 440 g/mol. The fourth-order valence-corrected chi connectivity index (χ4v) is 3.40. The van der Waals surface area contributed by atoms with Gasteiger partial charge in [-0.25, -0.2) is 13.8 Å². The van der Waals surface area contributed by atoms with E-state index in [-0.39, 0.29) is 23.5 Å². The third-order valence-corrected chi connectivity index (χ3v) is 5.21. The molecule has 3 heterocycles. The monoisotopic (exact) mass is 440 g/mol. The predicted molar refractivity (Wildman–Crippen MR) is 113 cm³/mol. The van der Waals surface area contributed by atoms with Crippen molar-refractivity contribution in [2.24, 2.45) is 0 Å². The minimum Gasteiger partial charge on any atom is -0.453 e. The highest BCUT2D eigenvalue weighted by molar-refractivity contribution is 5.93. The van der Waals surface area contributed by atoms with Crippen LogP contribution < -0.4 is 10.1 Å². The SMILES string of the molecule is CC(C(=O)Nc1ccc(Oc2ccc(F)cc2F)cn1)N1CCOC(c2ccncc2)C1. The zero-order valence-electron chi connectivity index (χ0n) is 17.4. The van der Waals surface area contributed by atoms with Crippen LogP contribution in [-0.2, 0) is 9.53 Å². The summed E-state index contributed by atoms with van der Waals surface area (Å²) in [5, 5.41) is 2.78. The zero-order valence-corrected chi connectivity index (χ0v) is 17.4. The first-order chi connectivity index (χ1) is 15.5. The second-order valence-corrected chi connectivity index (χ2v) is 7.36. The van der Waals surface area contributed by atoms with Crippen molar-refractivity contribution >= 4 is 11.7 Å². The number of nitrogens with zero attached hydrogens (tertiary/aromatic N) is 3. The van der Waals surface area contributed by atoms with Gasteiger partial charge < -0.3 is 14.8 Å². The molecule has 0 bridgehead atoms. The molecule has 0 aliphatic carbocycles. The maximum atomic E-state index is 13.7. The lowest BCUT2D eigenvalue weighted by Crippen LogP contribution is -2.48. The van der Waals surface area contributed by atoms with Crippen LogP contribution in [0.2, 0.25) is 0 Å². The van der Waals surface area contributed by atoms with Gasteiger partial charge in [-0.15, -0.1) is 0 Å². The molecule has 1 amide bonds. The molecule has 1 N–H and O–H groups in total. The fourth-order valence-electron chi connectivity index (χ4n) is 3.40. The van der Waals surface area contributed by atoms with Crippen LogP contribution >= 0.6 is 0 Å². The van der Waals surface area contributed by atoms with E-state index in [4.69, 9.17) is 9.47 Å². The van der Waals surface area contributed by atoms with Gasteiger partial charge in [-0.1, -0.05) is 0 Å². The predicted octanol–water partition coefficient (Wildman–Crippen LogP) is 3.95. The number of hydrogen-bond donors (Lipinski definition) is 1. The summed E-state index contributed by atoms with van der Waals surface area (Å²) in [6.45, 7) is 3.58. The third kappa shape index (κ3) is 5.24. The maximum Gasteiger partial charge on any atom is 0.242 e. The number of benzene rings is 1. The Morgan fingerprint density at radius 2 is 2.03 bits per heavy atom. The quantitative estimate of drug-likeness (QED) is 0.626. The minimum absolute atomic E-state index is 0.116. The number of ether oxygens (including phenoxy) is 2. The molecular weight excluding hydrogens is 418 g/mol. The largest absolute Gasteiger partial charge is 0.453 e. The van der Waals surface area contributed by atoms with Crippen molar-refractivity contribution < 1.29 is 23.0 Å². The highest BCUT2D eigenvalue weighted by Crippen LogP contribution is 2.26. The average Bonchev–Trinajstić information content (AvgIpc) is 2.82. The number of carbonyl (C=O) groups is 1. The molecule has 4 rings (SSSR count). The standard InChI is InChI=1S/C23H22F2N4O3/c1-15(29-10-11-31-21(14-29)16-6-8-26-9-7-16)23(30)28-22-5-3-18(13-27-22)32-20-4-2-17(24)12-19(20)25/h2-9,12-13,15,21H,10-11,14H2,1H3,(H,27,28,30). The molecule has 0 spiro atoms. The van der Waals surface area contributed by atoms with Crippen LogP contribution in [0.4, 0.5) is 14.6 Å². The number of pyridine rings is 2. The van der Waals surface area contributed by atoms with Gasteiger partial charge in [0.25, 0.3) is 0 Å². The number of halogens is 2. The first-order valence-electron chi connectivity index (χ1n) is 10.1. The summed E-state index contributed by atoms with van der Waals surface area (Å²) >= 11 is 0. The number of anilines is 1. The molecule has 1 fully saturated rings. The van der Waals surface area contributed by atoms with E-state index in [0.717, 1.165) is 17.7 Å². The molecule has 9 heteroatoms. The second-order valence-electron chi connectivity index (χ2n) is 7.36. The minimum atomic E-state index is -0.813. The highest BCUT2D eigenvalue weighted by Gasteiger charge is 2.29. The Morgan fingerprint density at radius 1 is 1.22 bits per heavy atom. The van der Waals surface area contributed by atoms with E-state index in [1.807, 2.05) is 19.1 Å². The number of rotatable bonds is 6. The van der Waals surface area contributed by atoms with Crippen molar-refractivity contribution in [3.8, 4) is 11.5 Å². The first kappa shape index (κ1) is 21.8. The second kappa shape index (κ2) is 9.80. The number of aromatic nitrogens is 2. The summed E-state index contributed by atoms with van der Waals surface area (Å²) in [7, 11) is 0. The fraction of sp³-hybridized carbons (Fsp3) is 0.261. The number of amides is 1. The summed E-state index contributed by atoms with van der Waals surface area (Å²) in [6, 6.07) is 9.56. The summed E-state index contributed by atoms with van der Waals surface area (Å²) < 4.78 is 38.0. The van der Waals surface area contributed by atoms with Crippen LogP contribution in [0.3, 0.4) is 0 Å². The van der Waals surface area contributed by atoms with E-state index >= 15 is 0 Å². The summed E-state index contributed by atoms with van der Waals surface area (Å²) in [5.74, 6) is -1.22. The smallest absolute Gasteiger partial charge is 0.242 e. The van der Waals surface area contributed by atoms with Gasteiger partial charge >= 0.3 is 0 Å². The topological polar surface area (TPSA) is 76.6 Å². The first-order valence-corrected chi connectivity index (χ1v) is 10.1. The van der Waals surface area contributed by atoms with Crippen LogP contribution in [0.15, 0.2) is 61.1 Å². The Labute approximate surface area is 184 Å². The van der Waals surface area contributed by atoms with Gasteiger partial charge in [0, 0.05) is 31.5 Å². The van der Waals surface area contributed by atoms with Crippen LogP contribution in [0, 0.1) is 11.6 Å².